The van der Waals surface area contributed by atoms with Crippen LogP contribution in [-0.4, -0.2) is 46.9 Å². The Hall–Kier alpha value is -2.97. The molecule has 0 saturated heterocycles. The lowest BCUT2D eigenvalue weighted by molar-refractivity contribution is -0.122. The molecule has 3 rings (SSSR count). The van der Waals surface area contributed by atoms with E-state index in [9.17, 15) is 13.2 Å². The number of rotatable bonds is 10. The number of carbonyl (C=O) groups excluding carboxylic acids is 1. The number of nitrogens with one attached hydrogen (secondary N) is 1. The molecule has 0 aromatic heterocycles. The van der Waals surface area contributed by atoms with Gasteiger partial charge in [0, 0.05) is 0 Å². The van der Waals surface area contributed by atoms with Crippen LogP contribution >= 0.6 is 11.6 Å². The summed E-state index contributed by atoms with van der Waals surface area (Å²) in [5.41, 5.74) is 0.290. The molecule has 1 amide bonds. The second kappa shape index (κ2) is 10.8. The number of ether oxygens (including phenoxy) is 2. The molecular weight excluding hydrogens is 464 g/mol. The Morgan fingerprint density at radius 1 is 1.09 bits per heavy atom. The van der Waals surface area contributed by atoms with E-state index in [-0.39, 0.29) is 30.3 Å². The molecule has 0 radical (unpaired) electrons. The third-order valence-electron chi connectivity index (χ3n) is 5.11. The average molecular weight is 491 g/mol. The molecule has 176 valence electrons. The first kappa shape index (κ1) is 24.7. The topological polar surface area (TPSA) is 84.9 Å². The highest BCUT2D eigenvalue weighted by atomic mass is 35.5. The van der Waals surface area contributed by atoms with Gasteiger partial charge < -0.3 is 14.8 Å². The van der Waals surface area contributed by atoms with Gasteiger partial charge in [-0.25, -0.2) is 8.42 Å². The van der Waals surface area contributed by atoms with Crippen LogP contribution in [-0.2, 0) is 14.8 Å². The van der Waals surface area contributed by atoms with Crippen molar-refractivity contribution in [3.05, 3.63) is 65.7 Å². The number of fused-ring (bicyclic) bond motifs is 1. The predicted octanol–water partition coefficient (Wildman–Crippen LogP) is 4.24. The van der Waals surface area contributed by atoms with Gasteiger partial charge in [-0.15, -0.1) is 0 Å². The van der Waals surface area contributed by atoms with Gasteiger partial charge in [0.05, 0.1) is 30.6 Å². The van der Waals surface area contributed by atoms with E-state index in [0.29, 0.717) is 11.5 Å². The van der Waals surface area contributed by atoms with E-state index in [2.05, 4.69) is 5.32 Å². The van der Waals surface area contributed by atoms with Crippen molar-refractivity contribution in [3.8, 4) is 11.5 Å². The number of nitrogens with zero attached hydrogens (tertiary/aromatic N) is 1. The number of amides is 1. The van der Waals surface area contributed by atoms with Gasteiger partial charge in [0.15, 0.2) is 0 Å². The monoisotopic (exact) mass is 490 g/mol. The van der Waals surface area contributed by atoms with Gasteiger partial charge in [-0.1, -0.05) is 48.9 Å². The molecule has 33 heavy (non-hydrogen) atoms. The van der Waals surface area contributed by atoms with Crippen LogP contribution in [0.3, 0.4) is 0 Å². The molecule has 9 heteroatoms. The highest BCUT2D eigenvalue weighted by Gasteiger charge is 2.31. The van der Waals surface area contributed by atoms with Crippen LogP contribution in [0.1, 0.15) is 13.3 Å². The first-order chi connectivity index (χ1) is 15.7. The molecule has 3 aromatic carbocycles. The van der Waals surface area contributed by atoms with Crippen LogP contribution in [0.5, 0.6) is 11.5 Å². The molecule has 0 spiro atoms. The van der Waals surface area contributed by atoms with Crippen molar-refractivity contribution in [2.24, 2.45) is 0 Å². The summed E-state index contributed by atoms with van der Waals surface area (Å²) < 4.78 is 37.1. The van der Waals surface area contributed by atoms with Gasteiger partial charge in [0.2, 0.25) is 15.9 Å². The van der Waals surface area contributed by atoms with Crippen molar-refractivity contribution in [2.75, 3.05) is 30.8 Å². The van der Waals surface area contributed by atoms with Crippen molar-refractivity contribution >= 4 is 44.0 Å². The molecule has 1 unspecified atom stereocenters. The van der Waals surface area contributed by atoms with Crippen molar-refractivity contribution < 1.29 is 22.7 Å². The number of anilines is 1. The van der Waals surface area contributed by atoms with Crippen LogP contribution in [0.2, 0.25) is 5.02 Å². The molecule has 0 bridgehead atoms. The number of methoxy groups -OCH3 is 1. The van der Waals surface area contributed by atoms with Crippen LogP contribution < -0.4 is 19.1 Å². The highest BCUT2D eigenvalue weighted by molar-refractivity contribution is 7.92. The number of hydrogen-bond donors (Lipinski definition) is 1. The minimum Gasteiger partial charge on any atom is -0.495 e. The van der Waals surface area contributed by atoms with Gasteiger partial charge >= 0.3 is 0 Å². The Bertz CT molecular complexity index is 1230. The summed E-state index contributed by atoms with van der Waals surface area (Å²) in [4.78, 5) is 12.9. The number of benzene rings is 3. The summed E-state index contributed by atoms with van der Waals surface area (Å²) in [6.07, 6.45) is 1.33. The molecule has 0 aliphatic heterocycles. The van der Waals surface area contributed by atoms with Crippen molar-refractivity contribution in [2.45, 2.75) is 19.4 Å². The van der Waals surface area contributed by atoms with Crippen LogP contribution in [0.4, 0.5) is 5.69 Å². The molecule has 3 aromatic rings. The lowest BCUT2D eigenvalue weighted by Gasteiger charge is -2.30. The summed E-state index contributed by atoms with van der Waals surface area (Å²) in [5.74, 6) is 0.690. The first-order valence-electron chi connectivity index (χ1n) is 10.5. The first-order valence-corrected chi connectivity index (χ1v) is 12.7. The molecular formula is C24H27ClN2O5S. The van der Waals surface area contributed by atoms with E-state index in [0.717, 1.165) is 21.3 Å². The summed E-state index contributed by atoms with van der Waals surface area (Å²) in [5, 5.41) is 5.20. The Balaban J connectivity index is 1.66. The van der Waals surface area contributed by atoms with E-state index < -0.39 is 22.0 Å². The van der Waals surface area contributed by atoms with Gasteiger partial charge in [-0.05, 0) is 47.5 Å². The number of hydrogen-bond acceptors (Lipinski definition) is 5. The fourth-order valence-corrected chi connectivity index (χ4v) is 5.03. The summed E-state index contributed by atoms with van der Waals surface area (Å²) in [6, 6.07) is 17.4. The zero-order chi connectivity index (χ0) is 24.0. The maximum absolute atomic E-state index is 12.9. The highest BCUT2D eigenvalue weighted by Crippen LogP contribution is 2.31. The maximum atomic E-state index is 12.9. The van der Waals surface area contributed by atoms with E-state index in [1.54, 1.807) is 19.1 Å². The van der Waals surface area contributed by atoms with Crippen molar-refractivity contribution in [1.29, 1.82) is 0 Å². The summed E-state index contributed by atoms with van der Waals surface area (Å²) in [6.45, 7) is 2.22. The summed E-state index contributed by atoms with van der Waals surface area (Å²) in [7, 11) is -2.29. The second-order valence-corrected chi connectivity index (χ2v) is 9.72. The standard InChI is InChI=1S/C24H27ClN2O5S/c1-4-22(27(33(3,29)30)19-10-12-23(31-2)21(25)16-19)24(28)26-13-14-32-20-11-9-17-7-5-6-8-18(17)15-20/h5-12,15-16,22H,4,13-14H2,1-3H3,(H,26,28). The number of carbonyl (C=O) groups is 1. The zero-order valence-corrected chi connectivity index (χ0v) is 20.3. The molecule has 1 atom stereocenters. The fraction of sp³-hybridized carbons (Fsp3) is 0.292. The molecule has 1 N–H and O–H groups in total. The number of sulfonamides is 1. The lowest BCUT2D eigenvalue weighted by Crippen LogP contribution is -2.50. The normalized spacial score (nSPS) is 12.2. The van der Waals surface area contributed by atoms with Crippen LogP contribution in [0.15, 0.2) is 60.7 Å². The minimum absolute atomic E-state index is 0.225. The van der Waals surface area contributed by atoms with Crippen molar-refractivity contribution in [1.82, 2.24) is 5.32 Å². The van der Waals surface area contributed by atoms with E-state index >= 15 is 0 Å². The van der Waals surface area contributed by atoms with E-state index in [1.807, 2.05) is 42.5 Å². The summed E-state index contributed by atoms with van der Waals surface area (Å²) >= 11 is 6.18. The Kier molecular flexibility index (Phi) is 8.05. The van der Waals surface area contributed by atoms with Crippen molar-refractivity contribution in [3.63, 3.8) is 0 Å². The molecule has 0 aliphatic carbocycles. The van der Waals surface area contributed by atoms with E-state index in [4.69, 9.17) is 21.1 Å². The van der Waals surface area contributed by atoms with Crippen LogP contribution in [0.25, 0.3) is 10.8 Å². The quantitative estimate of drug-likeness (QED) is 0.430. The maximum Gasteiger partial charge on any atom is 0.244 e. The Morgan fingerprint density at radius 2 is 1.82 bits per heavy atom. The lowest BCUT2D eigenvalue weighted by atomic mass is 10.1. The molecule has 0 fully saturated rings. The van der Waals surface area contributed by atoms with Crippen LogP contribution in [0, 0.1) is 0 Å². The third kappa shape index (κ3) is 6.09. The SMILES string of the molecule is CCC(C(=O)NCCOc1ccc2ccccc2c1)N(c1ccc(OC)c(Cl)c1)S(C)(=O)=O. The Labute approximate surface area is 199 Å². The average Bonchev–Trinajstić information content (AvgIpc) is 2.79. The van der Waals surface area contributed by atoms with Gasteiger partial charge in [-0.3, -0.25) is 9.10 Å². The fourth-order valence-electron chi connectivity index (χ4n) is 3.57. The number of halogens is 1. The van der Waals surface area contributed by atoms with Gasteiger partial charge in [0.1, 0.15) is 24.1 Å². The predicted molar refractivity (Wildman–Crippen MR) is 132 cm³/mol. The molecule has 0 aliphatic rings. The van der Waals surface area contributed by atoms with Gasteiger partial charge in [0.25, 0.3) is 0 Å². The second-order valence-electron chi connectivity index (χ2n) is 7.45. The van der Waals surface area contributed by atoms with E-state index in [1.165, 1.54) is 13.2 Å². The molecule has 0 heterocycles. The van der Waals surface area contributed by atoms with Gasteiger partial charge in [-0.2, -0.15) is 0 Å². The largest absolute Gasteiger partial charge is 0.495 e. The minimum atomic E-state index is -3.76. The Morgan fingerprint density at radius 3 is 2.45 bits per heavy atom. The molecule has 7 nitrogen and oxygen atoms in total. The molecule has 0 saturated carbocycles. The third-order valence-corrected chi connectivity index (χ3v) is 6.59. The smallest absolute Gasteiger partial charge is 0.244 e. The zero-order valence-electron chi connectivity index (χ0n) is 18.7.